The van der Waals surface area contributed by atoms with E-state index in [0.717, 1.165) is 6.42 Å². The summed E-state index contributed by atoms with van der Waals surface area (Å²) in [6.07, 6.45) is -1.67. The van der Waals surface area contributed by atoms with E-state index in [-0.39, 0.29) is 37.4 Å². The first-order valence-electron chi connectivity index (χ1n) is 15.7. The van der Waals surface area contributed by atoms with Gasteiger partial charge >= 0.3 is 23.9 Å². The summed E-state index contributed by atoms with van der Waals surface area (Å²) < 4.78 is 42.9. The smallest absolute Gasteiger partial charge is 0.309 e. The number of carbonyl (C=O) groups excluding carboxylic acids is 4. The Morgan fingerprint density at radius 3 is 2.18 bits per heavy atom. The van der Waals surface area contributed by atoms with Gasteiger partial charge in [-0.3, -0.25) is 19.2 Å². The van der Waals surface area contributed by atoms with Gasteiger partial charge in [-0.25, -0.2) is 0 Å². The second kappa shape index (κ2) is 10.9. The summed E-state index contributed by atoms with van der Waals surface area (Å²) in [5, 5.41) is 0. The molecule has 2 aliphatic carbocycles. The van der Waals surface area contributed by atoms with Gasteiger partial charge in [-0.05, 0) is 31.6 Å². The molecule has 6 rings (SSSR count). The van der Waals surface area contributed by atoms with Crippen molar-refractivity contribution in [3.63, 3.8) is 0 Å². The molecule has 2 unspecified atom stereocenters. The number of fused-ring (bicyclic) bond motifs is 4. The largest absolute Gasteiger partial charge is 0.465 e. The van der Waals surface area contributed by atoms with Gasteiger partial charge in [0.15, 0.2) is 12.4 Å². The van der Waals surface area contributed by atoms with Crippen molar-refractivity contribution in [2.75, 3.05) is 19.8 Å². The number of hydrogen-bond acceptors (Lipinski definition) is 13. The first-order valence-corrected chi connectivity index (χ1v) is 15.7. The molecule has 0 aromatic heterocycles. The second-order valence-electron chi connectivity index (χ2n) is 13.8. The minimum absolute atomic E-state index is 0.0547. The summed E-state index contributed by atoms with van der Waals surface area (Å²) in [6.45, 7) is 12.0. The Morgan fingerprint density at radius 2 is 1.64 bits per heavy atom. The lowest BCUT2D eigenvalue weighted by molar-refractivity contribution is -0.311. The van der Waals surface area contributed by atoms with Gasteiger partial charge in [0, 0.05) is 38.0 Å². The molecule has 0 amide bonds. The maximum Gasteiger partial charge on any atom is 0.309 e. The third kappa shape index (κ3) is 4.51. The van der Waals surface area contributed by atoms with Crippen LogP contribution in [0.2, 0.25) is 0 Å². The molecule has 13 nitrogen and oxygen atoms in total. The van der Waals surface area contributed by atoms with Crippen molar-refractivity contribution in [2.45, 2.75) is 116 Å². The van der Waals surface area contributed by atoms with Crippen molar-refractivity contribution >= 4 is 23.9 Å². The molecule has 0 N–H and O–H groups in total. The van der Waals surface area contributed by atoms with Crippen molar-refractivity contribution in [3.05, 3.63) is 0 Å². The topological polar surface area (TPSA) is 161 Å². The average Bonchev–Trinajstić information content (AvgIpc) is 3.83. The van der Waals surface area contributed by atoms with Crippen molar-refractivity contribution in [1.82, 2.24) is 0 Å². The Hall–Kier alpha value is -2.32. The standard InChI is InChI=1S/C31H44O13/c1-8-15(2)25(35)42-23-24(40-19(6)34)31(43-44-31)27-28(7,21-12-20-9-10-36-26(20)41-21)16(3)11-22(39-18(5)33)29(27,13-37-17(4)32)30(23)14-38-30/h15-16,20-24,26-27H,8-14H2,1-7H3/t15?,16-,20-,21?,22+,23+,24+,26+,27-,28-,29-,30-/m1/s1. The third-order valence-electron chi connectivity index (χ3n) is 11.4. The Balaban J connectivity index is 1.57. The summed E-state index contributed by atoms with van der Waals surface area (Å²) >= 11 is 0. The molecule has 4 heterocycles. The van der Waals surface area contributed by atoms with E-state index in [9.17, 15) is 19.2 Å². The monoisotopic (exact) mass is 624 g/mol. The van der Waals surface area contributed by atoms with E-state index in [0.29, 0.717) is 25.9 Å². The van der Waals surface area contributed by atoms with Gasteiger partial charge in [0.05, 0.1) is 30.7 Å². The summed E-state index contributed by atoms with van der Waals surface area (Å²) in [6, 6.07) is 0. The van der Waals surface area contributed by atoms with E-state index < -0.39 is 76.2 Å². The van der Waals surface area contributed by atoms with Crippen LogP contribution in [0.15, 0.2) is 0 Å². The minimum Gasteiger partial charge on any atom is -0.465 e. The van der Waals surface area contributed by atoms with Crippen LogP contribution in [0.5, 0.6) is 0 Å². The van der Waals surface area contributed by atoms with E-state index >= 15 is 0 Å². The maximum atomic E-state index is 13.4. The molecule has 13 heteroatoms. The second-order valence-corrected chi connectivity index (χ2v) is 13.8. The van der Waals surface area contributed by atoms with Gasteiger partial charge in [-0.2, -0.15) is 9.78 Å². The van der Waals surface area contributed by atoms with Gasteiger partial charge < -0.3 is 33.2 Å². The van der Waals surface area contributed by atoms with Crippen molar-refractivity contribution < 1.29 is 62.1 Å². The fourth-order valence-electron chi connectivity index (χ4n) is 8.90. The molecule has 4 saturated heterocycles. The molecule has 0 radical (unpaired) electrons. The van der Waals surface area contributed by atoms with Gasteiger partial charge in [-0.15, -0.1) is 0 Å². The van der Waals surface area contributed by atoms with Crippen LogP contribution in [-0.2, 0) is 62.1 Å². The first kappa shape index (κ1) is 31.7. The van der Waals surface area contributed by atoms with E-state index in [4.69, 9.17) is 42.9 Å². The molecule has 246 valence electrons. The lowest BCUT2D eigenvalue weighted by atomic mass is 9.40. The van der Waals surface area contributed by atoms with Crippen LogP contribution in [0.3, 0.4) is 0 Å². The van der Waals surface area contributed by atoms with Gasteiger partial charge in [0.2, 0.25) is 6.10 Å². The summed E-state index contributed by atoms with van der Waals surface area (Å²) in [4.78, 5) is 63.1. The van der Waals surface area contributed by atoms with Crippen molar-refractivity contribution in [1.29, 1.82) is 0 Å². The molecular formula is C31H44O13. The van der Waals surface area contributed by atoms with Gasteiger partial charge in [0.25, 0.3) is 5.79 Å². The number of rotatable bonds is 8. The molecule has 4 aliphatic heterocycles. The van der Waals surface area contributed by atoms with E-state index in [1.54, 1.807) is 6.92 Å². The first-order chi connectivity index (χ1) is 20.8. The molecule has 0 bridgehead atoms. The van der Waals surface area contributed by atoms with Crippen LogP contribution < -0.4 is 0 Å². The van der Waals surface area contributed by atoms with Gasteiger partial charge in [-0.1, -0.05) is 27.7 Å². The molecule has 2 spiro atoms. The molecule has 2 saturated carbocycles. The van der Waals surface area contributed by atoms with Crippen LogP contribution >= 0.6 is 0 Å². The molecule has 0 aromatic carbocycles. The number of hydrogen-bond donors (Lipinski definition) is 0. The highest BCUT2D eigenvalue weighted by Gasteiger charge is 2.92. The Labute approximate surface area is 256 Å². The zero-order chi connectivity index (χ0) is 31.8. The number of carbonyl (C=O) groups is 4. The highest BCUT2D eigenvalue weighted by atomic mass is 17.4. The van der Waals surface area contributed by atoms with Crippen LogP contribution in [0, 0.1) is 34.5 Å². The van der Waals surface area contributed by atoms with Crippen LogP contribution in [0.1, 0.15) is 74.1 Å². The summed E-state index contributed by atoms with van der Waals surface area (Å²) in [5.74, 6) is -5.15. The van der Waals surface area contributed by atoms with Crippen LogP contribution in [0.4, 0.5) is 0 Å². The van der Waals surface area contributed by atoms with Crippen molar-refractivity contribution in [3.8, 4) is 0 Å². The molecule has 6 fully saturated rings. The molecule has 44 heavy (non-hydrogen) atoms. The lowest BCUT2D eigenvalue weighted by Gasteiger charge is -2.65. The van der Waals surface area contributed by atoms with Crippen LogP contribution in [-0.4, -0.2) is 85.8 Å². The summed E-state index contributed by atoms with van der Waals surface area (Å²) in [7, 11) is 0. The van der Waals surface area contributed by atoms with Crippen molar-refractivity contribution in [2.24, 2.45) is 34.5 Å². The maximum absolute atomic E-state index is 13.4. The highest BCUT2D eigenvalue weighted by Crippen LogP contribution is 2.76. The minimum atomic E-state index is -1.66. The number of epoxide rings is 1. The third-order valence-corrected chi connectivity index (χ3v) is 11.4. The highest BCUT2D eigenvalue weighted by molar-refractivity contribution is 5.73. The Kier molecular flexibility index (Phi) is 7.84. The average molecular weight is 625 g/mol. The van der Waals surface area contributed by atoms with Gasteiger partial charge in [0.1, 0.15) is 18.3 Å². The zero-order valence-corrected chi connectivity index (χ0v) is 26.5. The molecule has 6 aliphatic rings. The molecular weight excluding hydrogens is 580 g/mol. The normalized spacial score (nSPS) is 45.2. The predicted octanol–water partition coefficient (Wildman–Crippen LogP) is 2.61. The quantitative estimate of drug-likeness (QED) is 0.168. The zero-order valence-electron chi connectivity index (χ0n) is 26.5. The summed E-state index contributed by atoms with van der Waals surface area (Å²) in [5.41, 5.74) is -3.55. The molecule has 12 atom stereocenters. The Morgan fingerprint density at radius 1 is 0.955 bits per heavy atom. The predicted molar refractivity (Wildman–Crippen MR) is 146 cm³/mol. The van der Waals surface area contributed by atoms with E-state index in [1.807, 2.05) is 6.92 Å². The van der Waals surface area contributed by atoms with E-state index in [1.165, 1.54) is 20.8 Å². The number of ether oxygens (including phenoxy) is 7. The fourth-order valence-corrected chi connectivity index (χ4v) is 8.90. The number of esters is 4. The molecule has 0 aromatic rings. The van der Waals surface area contributed by atoms with Crippen LogP contribution in [0.25, 0.3) is 0 Å². The Bertz CT molecular complexity index is 1180. The van der Waals surface area contributed by atoms with E-state index in [2.05, 4.69) is 13.8 Å². The fraction of sp³-hybridized carbons (Fsp3) is 0.871. The SMILES string of the molecule is CCC(C)C(=O)O[C@H]1[C@H](OC(C)=O)C2(OO2)[C@@H]2[C@@](C)(C3C[C@H]4CCO[C@H]4O3)[C@H](C)C[C@H](OC(C)=O)[C@@]2(COC(C)=O)[C@@]12CO2. The lowest BCUT2D eigenvalue weighted by Crippen LogP contribution is -2.80.